The van der Waals surface area contributed by atoms with Gasteiger partial charge < -0.3 is 15.2 Å². The first-order chi connectivity index (χ1) is 6.27. The highest BCUT2D eigenvalue weighted by Gasteiger charge is 2.02. The van der Waals surface area contributed by atoms with Crippen LogP contribution in [0.4, 0.5) is 0 Å². The van der Waals surface area contributed by atoms with E-state index in [-0.39, 0.29) is 12.4 Å². The molecule has 0 amide bonds. The summed E-state index contributed by atoms with van der Waals surface area (Å²) < 4.78 is 10.3. The molecule has 0 aliphatic heterocycles. The molecule has 0 aliphatic rings. The lowest BCUT2D eigenvalue weighted by atomic mass is 10.3. The Balaban J connectivity index is 0.00000169. The van der Waals surface area contributed by atoms with Crippen LogP contribution in [0.1, 0.15) is 0 Å². The van der Waals surface area contributed by atoms with Gasteiger partial charge in [-0.15, -0.1) is 12.4 Å². The number of ether oxygens (including phenoxy) is 2. The molecule has 0 fully saturated rings. The van der Waals surface area contributed by atoms with Crippen LogP contribution < -0.4 is 15.2 Å². The van der Waals surface area contributed by atoms with Crippen LogP contribution in [-0.2, 0) is 0 Å². The lowest BCUT2D eigenvalue weighted by Crippen LogP contribution is -2.10. The summed E-state index contributed by atoms with van der Waals surface area (Å²) in [6.07, 6.45) is 0. The van der Waals surface area contributed by atoms with Gasteiger partial charge in [0.25, 0.3) is 0 Å². The molecule has 0 atom stereocenters. The van der Waals surface area contributed by atoms with Crippen molar-refractivity contribution in [1.82, 2.24) is 0 Å². The van der Waals surface area contributed by atoms with Gasteiger partial charge in [-0.3, -0.25) is 0 Å². The summed E-state index contributed by atoms with van der Waals surface area (Å²) >= 11 is 5.87. The van der Waals surface area contributed by atoms with Crippen LogP contribution in [0, 0.1) is 0 Å². The molecule has 0 aliphatic carbocycles. The first-order valence-corrected chi connectivity index (χ1v) is 4.32. The van der Waals surface area contributed by atoms with Crippen molar-refractivity contribution in [2.24, 2.45) is 5.73 Å². The summed E-state index contributed by atoms with van der Waals surface area (Å²) in [5.41, 5.74) is 5.30. The maximum absolute atomic E-state index is 5.87. The van der Waals surface area contributed by atoms with Gasteiger partial charge in [-0.2, -0.15) is 0 Å². The number of benzene rings is 1. The van der Waals surface area contributed by atoms with Crippen molar-refractivity contribution < 1.29 is 9.47 Å². The van der Waals surface area contributed by atoms with E-state index >= 15 is 0 Å². The van der Waals surface area contributed by atoms with Crippen molar-refractivity contribution >= 4 is 24.0 Å². The van der Waals surface area contributed by atoms with Crippen LogP contribution in [0.3, 0.4) is 0 Å². The van der Waals surface area contributed by atoms with E-state index in [2.05, 4.69) is 0 Å². The first-order valence-electron chi connectivity index (χ1n) is 3.94. The fourth-order valence-corrected chi connectivity index (χ4v) is 1.06. The summed E-state index contributed by atoms with van der Waals surface area (Å²) in [5, 5.41) is 0.564. The minimum absolute atomic E-state index is 0. The SMILES string of the molecule is COc1ccc(Cl)c(OCCN)c1.Cl. The van der Waals surface area contributed by atoms with Crippen molar-refractivity contribution in [2.45, 2.75) is 0 Å². The Bertz CT molecular complexity index is 282. The van der Waals surface area contributed by atoms with Crippen LogP contribution in [0.2, 0.25) is 5.02 Å². The van der Waals surface area contributed by atoms with Crippen LogP contribution in [0.25, 0.3) is 0 Å². The van der Waals surface area contributed by atoms with Crippen LogP contribution in [-0.4, -0.2) is 20.3 Å². The molecule has 0 spiro atoms. The van der Waals surface area contributed by atoms with Crippen LogP contribution in [0.15, 0.2) is 18.2 Å². The second kappa shape index (κ2) is 6.76. The maximum atomic E-state index is 5.87. The molecule has 0 saturated heterocycles. The average Bonchev–Trinajstić information content (AvgIpc) is 2.17. The highest BCUT2D eigenvalue weighted by Crippen LogP contribution is 2.28. The Morgan fingerprint density at radius 1 is 1.43 bits per heavy atom. The van der Waals surface area contributed by atoms with Gasteiger partial charge in [-0.25, -0.2) is 0 Å². The van der Waals surface area contributed by atoms with E-state index in [1.807, 2.05) is 0 Å². The summed E-state index contributed by atoms with van der Waals surface area (Å²) in [5.74, 6) is 1.32. The lowest BCUT2D eigenvalue weighted by molar-refractivity contribution is 0.325. The Morgan fingerprint density at radius 2 is 2.14 bits per heavy atom. The molecule has 80 valence electrons. The molecule has 0 heterocycles. The second-order valence-corrected chi connectivity index (χ2v) is 2.84. The summed E-state index contributed by atoms with van der Waals surface area (Å²) in [7, 11) is 1.59. The molecule has 0 aromatic heterocycles. The topological polar surface area (TPSA) is 44.5 Å². The quantitative estimate of drug-likeness (QED) is 0.873. The number of hydrogen-bond donors (Lipinski definition) is 1. The standard InChI is InChI=1S/C9H12ClNO2.ClH/c1-12-7-2-3-8(10)9(6-7)13-5-4-11;/h2-3,6H,4-5,11H2,1H3;1H. The fourth-order valence-electron chi connectivity index (χ4n) is 0.890. The molecule has 1 rings (SSSR count). The van der Waals surface area contributed by atoms with Gasteiger partial charge in [-0.05, 0) is 12.1 Å². The second-order valence-electron chi connectivity index (χ2n) is 2.43. The highest BCUT2D eigenvalue weighted by molar-refractivity contribution is 6.32. The molecule has 3 nitrogen and oxygen atoms in total. The zero-order chi connectivity index (χ0) is 9.68. The van der Waals surface area contributed by atoms with E-state index < -0.39 is 0 Å². The van der Waals surface area contributed by atoms with Gasteiger partial charge in [0.1, 0.15) is 18.1 Å². The van der Waals surface area contributed by atoms with Gasteiger partial charge in [-0.1, -0.05) is 11.6 Å². The van der Waals surface area contributed by atoms with E-state index in [0.29, 0.717) is 23.9 Å². The van der Waals surface area contributed by atoms with Gasteiger partial charge in [0.15, 0.2) is 0 Å². The molecule has 0 bridgehead atoms. The van der Waals surface area contributed by atoms with Crippen molar-refractivity contribution in [3.8, 4) is 11.5 Å². The van der Waals surface area contributed by atoms with Gasteiger partial charge in [0, 0.05) is 12.6 Å². The van der Waals surface area contributed by atoms with E-state index in [1.165, 1.54) is 0 Å². The molecular formula is C9H13Cl2NO2. The van der Waals surface area contributed by atoms with Gasteiger partial charge in [0.05, 0.1) is 12.1 Å². The van der Waals surface area contributed by atoms with Gasteiger partial charge in [0.2, 0.25) is 0 Å². The number of methoxy groups -OCH3 is 1. The Hall–Kier alpha value is -0.640. The third-order valence-corrected chi connectivity index (χ3v) is 1.83. The van der Waals surface area contributed by atoms with Crippen LogP contribution >= 0.6 is 24.0 Å². The van der Waals surface area contributed by atoms with E-state index in [0.717, 1.165) is 5.75 Å². The zero-order valence-electron chi connectivity index (χ0n) is 7.83. The molecule has 2 N–H and O–H groups in total. The van der Waals surface area contributed by atoms with Crippen molar-refractivity contribution in [3.63, 3.8) is 0 Å². The molecule has 0 radical (unpaired) electrons. The monoisotopic (exact) mass is 237 g/mol. The summed E-state index contributed by atoms with van der Waals surface area (Å²) in [6.45, 7) is 0.917. The van der Waals surface area contributed by atoms with Crippen molar-refractivity contribution in [2.75, 3.05) is 20.3 Å². The molecule has 1 aromatic rings. The van der Waals surface area contributed by atoms with Gasteiger partial charge >= 0.3 is 0 Å². The molecule has 14 heavy (non-hydrogen) atoms. The Morgan fingerprint density at radius 3 is 2.71 bits per heavy atom. The molecule has 0 saturated carbocycles. The predicted molar refractivity (Wildman–Crippen MR) is 59.8 cm³/mol. The van der Waals surface area contributed by atoms with Crippen molar-refractivity contribution in [1.29, 1.82) is 0 Å². The van der Waals surface area contributed by atoms with E-state index in [4.69, 9.17) is 26.8 Å². The highest BCUT2D eigenvalue weighted by atomic mass is 35.5. The van der Waals surface area contributed by atoms with E-state index in [9.17, 15) is 0 Å². The third-order valence-electron chi connectivity index (χ3n) is 1.51. The summed E-state index contributed by atoms with van der Waals surface area (Å²) in [4.78, 5) is 0. The zero-order valence-corrected chi connectivity index (χ0v) is 9.40. The minimum Gasteiger partial charge on any atom is -0.497 e. The third kappa shape index (κ3) is 3.62. The number of hydrogen-bond acceptors (Lipinski definition) is 3. The minimum atomic E-state index is 0. The Kier molecular flexibility index (Phi) is 6.45. The number of halogens is 2. The fraction of sp³-hybridized carbons (Fsp3) is 0.333. The smallest absolute Gasteiger partial charge is 0.141 e. The number of rotatable bonds is 4. The molecule has 1 aromatic carbocycles. The van der Waals surface area contributed by atoms with Crippen LogP contribution in [0.5, 0.6) is 11.5 Å². The molecule has 0 unspecified atom stereocenters. The average molecular weight is 238 g/mol. The summed E-state index contributed by atoms with van der Waals surface area (Å²) in [6, 6.07) is 5.24. The molecule has 5 heteroatoms. The predicted octanol–water partition coefficient (Wildman–Crippen LogP) is 2.11. The van der Waals surface area contributed by atoms with Crippen molar-refractivity contribution in [3.05, 3.63) is 23.2 Å². The Labute approximate surface area is 94.5 Å². The lowest BCUT2D eigenvalue weighted by Gasteiger charge is -2.08. The first kappa shape index (κ1) is 13.4. The normalized spacial score (nSPS) is 9.07. The molecular weight excluding hydrogens is 225 g/mol. The van der Waals surface area contributed by atoms with E-state index in [1.54, 1.807) is 25.3 Å². The number of nitrogens with two attached hydrogens (primary N) is 1. The maximum Gasteiger partial charge on any atom is 0.141 e. The largest absolute Gasteiger partial charge is 0.497 e.